The van der Waals surface area contributed by atoms with Crippen molar-refractivity contribution >= 4 is 17.8 Å². The molecule has 0 aliphatic heterocycles. The lowest BCUT2D eigenvalue weighted by Crippen LogP contribution is -2.47. The number of fused-ring (bicyclic) bond motifs is 2. The van der Waals surface area contributed by atoms with E-state index in [1.54, 1.807) is 0 Å². The SMILES string of the molecule is CC(C)C[C@H](NC(=O)CNC(=O)C1CC2C=CC1C2)C(=O)O. The first-order valence-corrected chi connectivity index (χ1v) is 7.85. The van der Waals surface area contributed by atoms with Crippen LogP contribution in [0.25, 0.3) is 0 Å². The molecular formula is C16H24N2O4. The van der Waals surface area contributed by atoms with Crippen LogP contribution in [0.4, 0.5) is 0 Å². The Morgan fingerprint density at radius 3 is 2.45 bits per heavy atom. The molecule has 2 aliphatic rings. The molecule has 0 radical (unpaired) electrons. The molecule has 3 unspecified atom stereocenters. The number of carboxylic acid groups (broad SMARTS) is 1. The van der Waals surface area contributed by atoms with Crippen LogP contribution in [0.3, 0.4) is 0 Å². The lowest BCUT2D eigenvalue weighted by Gasteiger charge is -2.19. The maximum absolute atomic E-state index is 12.1. The highest BCUT2D eigenvalue weighted by Gasteiger charge is 2.39. The number of nitrogens with one attached hydrogen (secondary N) is 2. The summed E-state index contributed by atoms with van der Waals surface area (Å²) in [5, 5.41) is 14.2. The molecule has 0 aromatic carbocycles. The Labute approximate surface area is 130 Å². The second-order valence-corrected chi connectivity index (χ2v) is 6.69. The van der Waals surface area contributed by atoms with Gasteiger partial charge >= 0.3 is 5.97 Å². The second kappa shape index (κ2) is 6.94. The normalized spacial score (nSPS) is 27.0. The highest BCUT2D eigenvalue weighted by atomic mass is 16.4. The zero-order valence-corrected chi connectivity index (χ0v) is 13.0. The smallest absolute Gasteiger partial charge is 0.326 e. The summed E-state index contributed by atoms with van der Waals surface area (Å²) in [5.74, 6) is -0.710. The van der Waals surface area contributed by atoms with Crippen LogP contribution in [-0.4, -0.2) is 35.5 Å². The van der Waals surface area contributed by atoms with Crippen LogP contribution in [0, 0.1) is 23.7 Å². The second-order valence-electron chi connectivity index (χ2n) is 6.69. The maximum Gasteiger partial charge on any atom is 0.326 e. The number of hydrogen-bond donors (Lipinski definition) is 3. The van der Waals surface area contributed by atoms with Crippen LogP contribution < -0.4 is 10.6 Å². The minimum atomic E-state index is -1.05. The van der Waals surface area contributed by atoms with Crippen molar-refractivity contribution in [1.82, 2.24) is 10.6 Å². The minimum Gasteiger partial charge on any atom is -0.480 e. The van der Waals surface area contributed by atoms with Crippen LogP contribution in [0.15, 0.2) is 12.2 Å². The summed E-state index contributed by atoms with van der Waals surface area (Å²) in [4.78, 5) is 35.0. The van der Waals surface area contributed by atoms with Gasteiger partial charge in [0, 0.05) is 5.92 Å². The van der Waals surface area contributed by atoms with Crippen molar-refractivity contribution < 1.29 is 19.5 Å². The standard InChI is InChI=1S/C16H24N2O4/c1-9(2)5-13(16(21)22)18-14(19)8-17-15(20)12-7-10-3-4-11(12)6-10/h3-4,9-13H,5-8H2,1-2H3,(H,17,20)(H,18,19)(H,21,22)/t10?,11?,12?,13-/m0/s1. The van der Waals surface area contributed by atoms with Gasteiger partial charge in [-0.3, -0.25) is 9.59 Å². The van der Waals surface area contributed by atoms with Gasteiger partial charge in [0.05, 0.1) is 6.54 Å². The quantitative estimate of drug-likeness (QED) is 0.610. The van der Waals surface area contributed by atoms with Crippen molar-refractivity contribution in [3.8, 4) is 0 Å². The molecule has 0 heterocycles. The third kappa shape index (κ3) is 4.08. The number of carbonyl (C=O) groups excluding carboxylic acids is 2. The minimum absolute atomic E-state index is 0.0475. The molecule has 2 amide bonds. The first-order chi connectivity index (χ1) is 10.4. The molecule has 0 saturated heterocycles. The van der Waals surface area contributed by atoms with Crippen LogP contribution in [0.5, 0.6) is 0 Å². The lowest BCUT2D eigenvalue weighted by atomic mass is 9.93. The number of hydrogen-bond acceptors (Lipinski definition) is 3. The molecule has 6 nitrogen and oxygen atoms in total. The van der Waals surface area contributed by atoms with Gasteiger partial charge in [-0.15, -0.1) is 0 Å². The molecule has 2 rings (SSSR count). The van der Waals surface area contributed by atoms with E-state index in [2.05, 4.69) is 22.8 Å². The number of allylic oxidation sites excluding steroid dienone is 2. The zero-order chi connectivity index (χ0) is 16.3. The van der Waals surface area contributed by atoms with Crippen molar-refractivity contribution in [3.63, 3.8) is 0 Å². The Morgan fingerprint density at radius 1 is 1.23 bits per heavy atom. The summed E-state index contributed by atoms with van der Waals surface area (Å²) in [7, 11) is 0. The van der Waals surface area contributed by atoms with Gasteiger partial charge in [0.25, 0.3) is 0 Å². The Balaban J connectivity index is 1.76. The Kier molecular flexibility index (Phi) is 5.21. The predicted octanol–water partition coefficient (Wildman–Crippen LogP) is 0.930. The van der Waals surface area contributed by atoms with Gasteiger partial charge in [0.2, 0.25) is 11.8 Å². The van der Waals surface area contributed by atoms with Gasteiger partial charge in [0.15, 0.2) is 0 Å². The Hall–Kier alpha value is -1.85. The molecule has 1 saturated carbocycles. The van der Waals surface area contributed by atoms with E-state index in [4.69, 9.17) is 5.11 Å². The molecule has 0 aromatic rings. The monoisotopic (exact) mass is 308 g/mol. The molecule has 0 spiro atoms. The van der Waals surface area contributed by atoms with Crippen molar-refractivity contribution in [2.45, 2.75) is 39.2 Å². The van der Waals surface area contributed by atoms with E-state index in [1.165, 1.54) is 0 Å². The highest BCUT2D eigenvalue weighted by molar-refractivity contribution is 5.88. The van der Waals surface area contributed by atoms with E-state index in [-0.39, 0.29) is 24.3 Å². The van der Waals surface area contributed by atoms with Gasteiger partial charge in [-0.05, 0) is 37.0 Å². The third-order valence-electron chi connectivity index (χ3n) is 4.38. The van der Waals surface area contributed by atoms with E-state index in [0.29, 0.717) is 18.3 Å². The summed E-state index contributed by atoms with van der Waals surface area (Å²) < 4.78 is 0. The van der Waals surface area contributed by atoms with Crippen molar-refractivity contribution in [1.29, 1.82) is 0 Å². The van der Waals surface area contributed by atoms with Crippen LogP contribution >= 0.6 is 0 Å². The molecule has 2 bridgehead atoms. The molecule has 3 N–H and O–H groups in total. The average molecular weight is 308 g/mol. The van der Waals surface area contributed by atoms with Gasteiger partial charge in [-0.1, -0.05) is 26.0 Å². The van der Waals surface area contributed by atoms with Crippen LogP contribution in [0.1, 0.15) is 33.1 Å². The lowest BCUT2D eigenvalue weighted by molar-refractivity contribution is -0.142. The number of aliphatic carboxylic acids is 1. The largest absolute Gasteiger partial charge is 0.480 e. The maximum atomic E-state index is 12.1. The van der Waals surface area contributed by atoms with Crippen LogP contribution in [0.2, 0.25) is 0 Å². The number of carboxylic acids is 1. The zero-order valence-electron chi connectivity index (χ0n) is 13.0. The first-order valence-electron chi connectivity index (χ1n) is 7.85. The number of carbonyl (C=O) groups is 3. The van der Waals surface area contributed by atoms with E-state index >= 15 is 0 Å². The fourth-order valence-electron chi connectivity index (χ4n) is 3.32. The summed E-state index contributed by atoms with van der Waals surface area (Å²) in [5.41, 5.74) is 0. The molecule has 0 aromatic heterocycles. The molecule has 1 fully saturated rings. The highest BCUT2D eigenvalue weighted by Crippen LogP contribution is 2.43. The molecule has 22 heavy (non-hydrogen) atoms. The number of amides is 2. The van der Waals surface area contributed by atoms with E-state index < -0.39 is 17.9 Å². The molecule has 6 heteroatoms. The Morgan fingerprint density at radius 2 is 1.95 bits per heavy atom. The third-order valence-corrected chi connectivity index (χ3v) is 4.38. The molecule has 4 atom stereocenters. The summed E-state index contributed by atoms with van der Waals surface area (Å²) in [6, 6.07) is -0.908. The van der Waals surface area contributed by atoms with E-state index in [9.17, 15) is 14.4 Å². The number of rotatable bonds is 7. The van der Waals surface area contributed by atoms with Gasteiger partial charge in [0.1, 0.15) is 6.04 Å². The van der Waals surface area contributed by atoms with Crippen molar-refractivity contribution in [2.75, 3.05) is 6.54 Å². The topological polar surface area (TPSA) is 95.5 Å². The van der Waals surface area contributed by atoms with Crippen LogP contribution in [-0.2, 0) is 14.4 Å². The molecule has 2 aliphatic carbocycles. The van der Waals surface area contributed by atoms with Crippen molar-refractivity contribution in [3.05, 3.63) is 12.2 Å². The Bertz CT molecular complexity index is 487. The molecule has 122 valence electrons. The summed E-state index contributed by atoms with van der Waals surface area (Å²) >= 11 is 0. The first kappa shape index (κ1) is 16.5. The predicted molar refractivity (Wildman–Crippen MR) is 80.9 cm³/mol. The van der Waals surface area contributed by atoms with E-state index in [1.807, 2.05) is 13.8 Å². The fraction of sp³-hybridized carbons (Fsp3) is 0.688. The summed E-state index contributed by atoms with van der Waals surface area (Å²) in [6.45, 7) is 3.62. The van der Waals surface area contributed by atoms with E-state index in [0.717, 1.165) is 12.8 Å². The summed E-state index contributed by atoms with van der Waals surface area (Å²) in [6.07, 6.45) is 6.48. The van der Waals surface area contributed by atoms with Gasteiger partial charge < -0.3 is 15.7 Å². The molecular weight excluding hydrogens is 284 g/mol. The van der Waals surface area contributed by atoms with Gasteiger partial charge in [-0.2, -0.15) is 0 Å². The fourth-order valence-corrected chi connectivity index (χ4v) is 3.32. The average Bonchev–Trinajstić information content (AvgIpc) is 3.06. The van der Waals surface area contributed by atoms with Gasteiger partial charge in [-0.25, -0.2) is 4.79 Å². The van der Waals surface area contributed by atoms with Crippen molar-refractivity contribution in [2.24, 2.45) is 23.7 Å².